The Kier molecular flexibility index (Phi) is 5.27. The number of pyridine rings is 1. The second kappa shape index (κ2) is 8.31. The number of benzene rings is 1. The molecule has 0 aliphatic rings. The number of rotatable bonds is 4. The van der Waals surface area contributed by atoms with Crippen molar-refractivity contribution in [3.05, 3.63) is 74.6 Å². The van der Waals surface area contributed by atoms with Gasteiger partial charge in [-0.2, -0.15) is 15.6 Å². The van der Waals surface area contributed by atoms with Gasteiger partial charge in [0.25, 0.3) is 5.56 Å². The molecule has 35 heavy (non-hydrogen) atoms. The molecule has 4 aromatic heterocycles. The van der Waals surface area contributed by atoms with Crippen molar-refractivity contribution in [2.45, 2.75) is 19.9 Å². The minimum atomic E-state index is -0.631. The van der Waals surface area contributed by atoms with Crippen LogP contribution in [0.15, 0.2) is 46.4 Å². The first kappa shape index (κ1) is 22.2. The molecule has 4 heterocycles. The van der Waals surface area contributed by atoms with Crippen molar-refractivity contribution in [1.82, 2.24) is 23.9 Å². The van der Waals surface area contributed by atoms with Gasteiger partial charge >= 0.3 is 5.69 Å². The fraction of sp³-hybridized carbons (Fsp3) is 0.167. The van der Waals surface area contributed by atoms with Gasteiger partial charge in [0.15, 0.2) is 0 Å². The minimum Gasteiger partial charge on any atom is -0.291 e. The first-order valence-corrected chi connectivity index (χ1v) is 11.3. The molecule has 0 saturated heterocycles. The van der Waals surface area contributed by atoms with Crippen molar-refractivity contribution >= 4 is 32.5 Å². The summed E-state index contributed by atoms with van der Waals surface area (Å²) >= 11 is 1.06. The van der Waals surface area contributed by atoms with Crippen LogP contribution in [0, 0.1) is 35.4 Å². The maximum atomic E-state index is 14.4. The van der Waals surface area contributed by atoms with E-state index in [1.165, 1.54) is 22.9 Å². The summed E-state index contributed by atoms with van der Waals surface area (Å²) in [6.07, 6.45) is 4.63. The van der Waals surface area contributed by atoms with Crippen LogP contribution in [0.3, 0.4) is 0 Å². The van der Waals surface area contributed by atoms with Gasteiger partial charge in [-0.15, -0.1) is 11.3 Å². The summed E-state index contributed by atoms with van der Waals surface area (Å²) in [4.78, 5) is 31.9. The lowest BCUT2D eigenvalue weighted by Gasteiger charge is -2.12. The van der Waals surface area contributed by atoms with Gasteiger partial charge in [-0.25, -0.2) is 13.8 Å². The Hall–Kier alpha value is -4.61. The molecule has 0 atom stereocenters. The van der Waals surface area contributed by atoms with E-state index in [9.17, 15) is 19.2 Å². The number of aromatic nitrogens is 5. The summed E-state index contributed by atoms with van der Waals surface area (Å²) < 4.78 is 18.6. The van der Waals surface area contributed by atoms with Gasteiger partial charge in [-0.05, 0) is 30.7 Å². The summed E-state index contributed by atoms with van der Waals surface area (Å²) in [6.45, 7) is 1.61. The SMILES string of the molecule is Cc1cc(C#N)c(-c2cc3c(s2)c(=O)n(-c2cncc4cnn(C)c24)c(=O)n3CCC#N)cc1F. The van der Waals surface area contributed by atoms with Gasteiger partial charge in [-0.1, -0.05) is 0 Å². The standard InChI is InChI=1S/C24H16FN7O2S/c1-13-6-14(9-27)16(7-17(13)25)20-8-18-22(35-20)23(33)32(24(34)31(18)5-3-4-26)19-12-28-10-15-11-29-30(2)21(15)19/h6-8,10-12H,3,5H2,1-2H3. The average molecular weight is 486 g/mol. The molecule has 172 valence electrons. The molecule has 9 nitrogen and oxygen atoms in total. The molecule has 0 bridgehead atoms. The molecule has 0 radical (unpaired) electrons. The zero-order valence-corrected chi connectivity index (χ0v) is 19.4. The van der Waals surface area contributed by atoms with Crippen molar-refractivity contribution in [1.29, 1.82) is 10.5 Å². The second-order valence-electron chi connectivity index (χ2n) is 7.93. The quantitative estimate of drug-likeness (QED) is 0.385. The molecule has 0 saturated carbocycles. The van der Waals surface area contributed by atoms with Crippen LogP contribution >= 0.6 is 11.3 Å². The first-order valence-electron chi connectivity index (χ1n) is 10.5. The smallest absolute Gasteiger partial charge is 0.291 e. The van der Waals surface area contributed by atoms with E-state index in [4.69, 9.17) is 5.26 Å². The highest BCUT2D eigenvalue weighted by atomic mass is 32.1. The maximum Gasteiger partial charge on any atom is 0.336 e. The molecule has 1 aromatic carbocycles. The Bertz CT molecular complexity index is 1860. The number of fused-ring (bicyclic) bond motifs is 2. The monoisotopic (exact) mass is 485 g/mol. The Morgan fingerprint density at radius 1 is 1.14 bits per heavy atom. The van der Waals surface area contributed by atoms with Crippen LogP contribution in [-0.2, 0) is 13.6 Å². The molecule has 0 aliphatic heterocycles. The number of hydrogen-bond donors (Lipinski definition) is 0. The third-order valence-electron chi connectivity index (χ3n) is 5.82. The van der Waals surface area contributed by atoms with Crippen molar-refractivity contribution in [3.8, 4) is 28.3 Å². The molecular formula is C24H16FN7O2S. The third kappa shape index (κ3) is 3.41. The first-order chi connectivity index (χ1) is 16.8. The van der Waals surface area contributed by atoms with Crippen molar-refractivity contribution < 1.29 is 4.39 Å². The third-order valence-corrected chi connectivity index (χ3v) is 6.96. The number of aryl methyl sites for hydroxylation is 3. The van der Waals surface area contributed by atoms with Gasteiger partial charge in [0, 0.05) is 35.6 Å². The van der Waals surface area contributed by atoms with Gasteiger partial charge in [0.2, 0.25) is 0 Å². The predicted molar refractivity (Wildman–Crippen MR) is 129 cm³/mol. The van der Waals surface area contributed by atoms with Crippen LogP contribution in [-0.4, -0.2) is 23.9 Å². The van der Waals surface area contributed by atoms with E-state index in [0.717, 1.165) is 15.9 Å². The second-order valence-corrected chi connectivity index (χ2v) is 8.98. The Morgan fingerprint density at radius 2 is 1.94 bits per heavy atom. The maximum absolute atomic E-state index is 14.4. The van der Waals surface area contributed by atoms with E-state index in [-0.39, 0.29) is 28.9 Å². The summed E-state index contributed by atoms with van der Waals surface area (Å²) in [5.41, 5.74) is 0.846. The fourth-order valence-electron chi connectivity index (χ4n) is 4.12. The van der Waals surface area contributed by atoms with Gasteiger partial charge in [-0.3, -0.25) is 19.0 Å². The van der Waals surface area contributed by atoms with Crippen LogP contribution in [0.5, 0.6) is 0 Å². The normalized spacial score (nSPS) is 11.1. The van der Waals surface area contributed by atoms with E-state index in [0.29, 0.717) is 32.4 Å². The summed E-state index contributed by atoms with van der Waals surface area (Å²) in [6, 6.07) is 8.40. The topological polar surface area (TPSA) is 122 Å². The molecule has 0 N–H and O–H groups in total. The number of nitriles is 2. The fourth-order valence-corrected chi connectivity index (χ4v) is 5.25. The largest absolute Gasteiger partial charge is 0.336 e. The van der Waals surface area contributed by atoms with Crippen LogP contribution in [0.25, 0.3) is 37.2 Å². The van der Waals surface area contributed by atoms with Crippen molar-refractivity contribution in [2.75, 3.05) is 0 Å². The Labute approximate surface area is 201 Å². The van der Waals surface area contributed by atoms with Gasteiger partial charge in [0.05, 0.1) is 53.2 Å². The number of hydrogen-bond acceptors (Lipinski definition) is 7. The minimum absolute atomic E-state index is 0.0369. The van der Waals surface area contributed by atoms with E-state index >= 15 is 0 Å². The highest BCUT2D eigenvalue weighted by molar-refractivity contribution is 7.22. The van der Waals surface area contributed by atoms with Crippen molar-refractivity contribution in [3.63, 3.8) is 0 Å². The number of halogens is 1. The van der Waals surface area contributed by atoms with E-state index in [1.807, 2.05) is 6.07 Å². The molecule has 5 aromatic rings. The van der Waals surface area contributed by atoms with Crippen LogP contribution in [0.1, 0.15) is 17.5 Å². The number of thiophene rings is 1. The van der Waals surface area contributed by atoms with E-state index in [1.54, 1.807) is 37.1 Å². The summed E-state index contributed by atoms with van der Waals surface area (Å²) in [7, 11) is 1.70. The molecule has 0 amide bonds. The van der Waals surface area contributed by atoms with Gasteiger partial charge in [0.1, 0.15) is 10.5 Å². The summed E-state index contributed by atoms with van der Waals surface area (Å²) in [5, 5.41) is 23.6. The molecule has 5 rings (SSSR count). The highest BCUT2D eigenvalue weighted by Gasteiger charge is 2.22. The Morgan fingerprint density at radius 3 is 2.69 bits per heavy atom. The summed E-state index contributed by atoms with van der Waals surface area (Å²) in [5.74, 6) is -0.482. The van der Waals surface area contributed by atoms with E-state index in [2.05, 4.69) is 16.2 Å². The lowest BCUT2D eigenvalue weighted by atomic mass is 10.0. The molecule has 0 spiro atoms. The van der Waals surface area contributed by atoms with E-state index < -0.39 is 17.1 Å². The lowest BCUT2D eigenvalue weighted by Crippen LogP contribution is -2.38. The predicted octanol–water partition coefficient (Wildman–Crippen LogP) is 3.40. The molecule has 0 unspecified atom stereocenters. The lowest BCUT2D eigenvalue weighted by molar-refractivity contribution is 0.619. The molecule has 11 heteroatoms. The zero-order chi connectivity index (χ0) is 24.9. The van der Waals surface area contributed by atoms with Crippen LogP contribution < -0.4 is 11.2 Å². The van der Waals surface area contributed by atoms with Crippen LogP contribution in [0.4, 0.5) is 4.39 Å². The average Bonchev–Trinajstić information content (AvgIpc) is 3.45. The highest BCUT2D eigenvalue weighted by Crippen LogP contribution is 2.35. The molecule has 0 fully saturated rings. The Balaban J connectivity index is 1.88. The molecule has 0 aliphatic carbocycles. The van der Waals surface area contributed by atoms with Gasteiger partial charge < -0.3 is 0 Å². The number of nitrogens with zero attached hydrogens (tertiary/aromatic N) is 7. The zero-order valence-electron chi connectivity index (χ0n) is 18.6. The molecular weight excluding hydrogens is 469 g/mol. The van der Waals surface area contributed by atoms with Crippen LogP contribution in [0.2, 0.25) is 0 Å². The van der Waals surface area contributed by atoms with Crippen molar-refractivity contribution in [2.24, 2.45) is 7.05 Å².